The van der Waals surface area contributed by atoms with Crippen molar-refractivity contribution in [3.8, 4) is 16.9 Å². The first-order chi connectivity index (χ1) is 21.9. The maximum atomic E-state index is 16.4. The second-order valence-electron chi connectivity index (χ2n) is 12.4. The molecule has 0 unspecified atom stereocenters. The monoisotopic (exact) mass is 626 g/mol. The van der Waals surface area contributed by atoms with E-state index in [0.717, 1.165) is 11.1 Å². The Morgan fingerprint density at radius 3 is 2.46 bits per heavy atom. The van der Waals surface area contributed by atoms with Crippen LogP contribution in [0, 0.1) is 11.6 Å². The summed E-state index contributed by atoms with van der Waals surface area (Å²) in [7, 11) is 1.54. The minimum atomic E-state index is -0.830. The summed E-state index contributed by atoms with van der Waals surface area (Å²) in [5, 5.41) is 0.271. The number of hydrogen-bond acceptors (Lipinski definition) is 6. The fraction of sp³-hybridized carbons (Fsp3) is 0.343. The molecule has 4 aromatic rings. The SMILES string of the molecule is C=CC(=O)N1C[C@H](C)N(c2nc(=O)n3c4nc(c(F)cc24)-c2c(F)cccc2N(C)C(=O)CCc2cccc(C(C)C)c2-3)C[C@H]1C. The average molecular weight is 627 g/mol. The van der Waals surface area contributed by atoms with Crippen molar-refractivity contribution in [2.75, 3.05) is 29.9 Å². The fourth-order valence-electron chi connectivity index (χ4n) is 6.67. The van der Waals surface area contributed by atoms with Gasteiger partial charge < -0.3 is 14.7 Å². The number of benzene rings is 2. The highest BCUT2D eigenvalue weighted by atomic mass is 19.1. The molecule has 46 heavy (non-hydrogen) atoms. The van der Waals surface area contributed by atoms with E-state index in [2.05, 4.69) is 11.6 Å². The minimum absolute atomic E-state index is 0.0303. The largest absolute Gasteiger partial charge is 0.355 e. The molecule has 0 spiro atoms. The van der Waals surface area contributed by atoms with Crippen LogP contribution in [0.15, 0.2) is 59.9 Å². The van der Waals surface area contributed by atoms with Crippen LogP contribution in [0.25, 0.3) is 28.0 Å². The van der Waals surface area contributed by atoms with Gasteiger partial charge in [-0.1, -0.05) is 44.7 Å². The normalized spacial score (nSPS) is 18.3. The molecule has 238 valence electrons. The van der Waals surface area contributed by atoms with E-state index in [4.69, 9.17) is 4.98 Å². The number of hydrogen-bond donors (Lipinski definition) is 0. The number of amides is 2. The van der Waals surface area contributed by atoms with Gasteiger partial charge in [0.2, 0.25) is 11.8 Å². The second kappa shape index (κ2) is 11.8. The summed E-state index contributed by atoms with van der Waals surface area (Å²) in [6.07, 6.45) is 1.63. The lowest BCUT2D eigenvalue weighted by atomic mass is 9.95. The van der Waals surface area contributed by atoms with E-state index in [0.29, 0.717) is 25.2 Å². The van der Waals surface area contributed by atoms with Crippen LogP contribution in [0.1, 0.15) is 51.2 Å². The van der Waals surface area contributed by atoms with Crippen LogP contribution in [0.3, 0.4) is 0 Å². The van der Waals surface area contributed by atoms with E-state index in [1.807, 2.05) is 50.8 Å². The first-order valence-electron chi connectivity index (χ1n) is 15.4. The summed E-state index contributed by atoms with van der Waals surface area (Å²) in [5.74, 6) is -1.88. The average Bonchev–Trinajstić information content (AvgIpc) is 3.03. The molecule has 0 N–H and O–H groups in total. The molecule has 1 fully saturated rings. The zero-order valence-corrected chi connectivity index (χ0v) is 26.6. The predicted octanol–water partition coefficient (Wildman–Crippen LogP) is 5.37. The van der Waals surface area contributed by atoms with Crippen LogP contribution >= 0.6 is 0 Å². The van der Waals surface area contributed by atoms with Gasteiger partial charge in [0.1, 0.15) is 17.3 Å². The van der Waals surface area contributed by atoms with E-state index in [1.54, 1.807) is 11.0 Å². The van der Waals surface area contributed by atoms with Crippen molar-refractivity contribution in [2.24, 2.45) is 0 Å². The number of anilines is 2. The summed E-state index contributed by atoms with van der Waals surface area (Å²) in [6, 6.07) is 10.6. The summed E-state index contributed by atoms with van der Waals surface area (Å²) >= 11 is 0. The van der Waals surface area contributed by atoms with Gasteiger partial charge >= 0.3 is 5.69 Å². The third-order valence-electron chi connectivity index (χ3n) is 9.09. The van der Waals surface area contributed by atoms with Crippen LogP contribution in [-0.4, -0.2) is 63.5 Å². The predicted molar refractivity (Wildman–Crippen MR) is 174 cm³/mol. The van der Waals surface area contributed by atoms with Gasteiger partial charge in [0.25, 0.3) is 0 Å². The lowest BCUT2D eigenvalue weighted by Gasteiger charge is -2.44. The van der Waals surface area contributed by atoms with E-state index in [9.17, 15) is 14.4 Å². The summed E-state index contributed by atoms with van der Waals surface area (Å²) in [5.41, 5.74) is 1.24. The van der Waals surface area contributed by atoms with Crippen LogP contribution in [0.5, 0.6) is 0 Å². The van der Waals surface area contributed by atoms with E-state index >= 15 is 8.78 Å². The number of pyridine rings is 1. The molecule has 0 aliphatic carbocycles. The van der Waals surface area contributed by atoms with Crippen molar-refractivity contribution in [1.29, 1.82) is 0 Å². The smallest absolute Gasteiger partial charge is 0.349 e. The second-order valence-corrected chi connectivity index (χ2v) is 12.4. The molecule has 2 aliphatic heterocycles. The van der Waals surface area contributed by atoms with Crippen molar-refractivity contribution in [3.05, 3.63) is 88.4 Å². The van der Waals surface area contributed by atoms with Gasteiger partial charge in [0, 0.05) is 38.6 Å². The van der Waals surface area contributed by atoms with Gasteiger partial charge in [-0.2, -0.15) is 4.98 Å². The van der Waals surface area contributed by atoms with Crippen molar-refractivity contribution >= 4 is 34.4 Å². The number of rotatable bonds is 3. The topological polar surface area (TPSA) is 91.6 Å². The first-order valence-corrected chi connectivity index (χ1v) is 15.4. The van der Waals surface area contributed by atoms with Crippen LogP contribution < -0.4 is 15.5 Å². The summed E-state index contributed by atoms with van der Waals surface area (Å²) in [6.45, 7) is 12.1. The van der Waals surface area contributed by atoms with Gasteiger partial charge in [-0.15, -0.1) is 0 Å². The highest BCUT2D eigenvalue weighted by Crippen LogP contribution is 2.39. The zero-order valence-electron chi connectivity index (χ0n) is 26.6. The van der Waals surface area contributed by atoms with Gasteiger partial charge in [-0.25, -0.2) is 23.1 Å². The molecule has 1 saturated heterocycles. The fourth-order valence-corrected chi connectivity index (χ4v) is 6.67. The maximum Gasteiger partial charge on any atom is 0.355 e. The Morgan fingerprint density at radius 2 is 1.74 bits per heavy atom. The van der Waals surface area contributed by atoms with Gasteiger partial charge in [-0.05, 0) is 61.6 Å². The van der Waals surface area contributed by atoms with E-state index < -0.39 is 17.3 Å². The van der Waals surface area contributed by atoms with Gasteiger partial charge in [0.05, 0.1) is 22.3 Å². The lowest BCUT2D eigenvalue weighted by molar-refractivity contribution is -0.128. The molecule has 4 heterocycles. The number of fused-ring (bicyclic) bond motifs is 5. The molecule has 0 radical (unpaired) electrons. The Bertz CT molecular complexity index is 1970. The summed E-state index contributed by atoms with van der Waals surface area (Å²) < 4.78 is 33.4. The Labute approximate surface area is 265 Å². The molecule has 2 aromatic heterocycles. The number of para-hydroxylation sites is 1. The number of carbonyl (C=O) groups excluding carboxylic acids is 2. The molecule has 2 bridgehead atoms. The molecule has 2 aliphatic rings. The zero-order chi connectivity index (χ0) is 33.0. The standard InChI is InChI=1S/C35H36F2N6O3/c1-7-28(44)41-17-21(5)42(18-20(41)4)33-24-16-26(37)31-30-25(36)12-9-13-27(30)40(6)29(45)15-14-22-10-8-11-23(19(2)3)32(22)43(34(24)38-31)35(46)39-33/h7-13,16,19-21H,1,14-15,17-18H2,2-6H3/t20-,21+/m1/s1. The van der Waals surface area contributed by atoms with Crippen molar-refractivity contribution in [2.45, 2.75) is 58.5 Å². The number of halogens is 2. The van der Waals surface area contributed by atoms with Crippen LogP contribution in [-0.2, 0) is 16.0 Å². The number of aryl methyl sites for hydroxylation is 1. The van der Waals surface area contributed by atoms with Crippen molar-refractivity contribution in [3.63, 3.8) is 0 Å². The Balaban J connectivity index is 1.72. The molecule has 2 amide bonds. The highest BCUT2D eigenvalue weighted by molar-refractivity contribution is 5.98. The third-order valence-corrected chi connectivity index (χ3v) is 9.09. The Kier molecular flexibility index (Phi) is 7.95. The maximum absolute atomic E-state index is 16.4. The summed E-state index contributed by atoms with van der Waals surface area (Å²) in [4.78, 5) is 54.5. The number of aromatic nitrogens is 3. The molecule has 2 atom stereocenters. The van der Waals surface area contributed by atoms with E-state index in [-0.39, 0.29) is 70.0 Å². The third kappa shape index (κ3) is 5.03. The molecule has 11 heteroatoms. The Hall–Kier alpha value is -4.93. The van der Waals surface area contributed by atoms with Crippen LogP contribution in [0.2, 0.25) is 0 Å². The number of carbonyl (C=O) groups is 2. The van der Waals surface area contributed by atoms with E-state index in [1.165, 1.54) is 40.8 Å². The van der Waals surface area contributed by atoms with Gasteiger partial charge in [-0.3, -0.25) is 9.59 Å². The molecular weight excluding hydrogens is 590 g/mol. The van der Waals surface area contributed by atoms with Crippen molar-refractivity contribution in [1.82, 2.24) is 19.4 Å². The number of nitrogens with zero attached hydrogens (tertiary/aromatic N) is 6. The molecule has 6 rings (SSSR count). The molecule has 0 saturated carbocycles. The minimum Gasteiger partial charge on any atom is -0.349 e. The molecule has 2 aromatic carbocycles. The quantitative estimate of drug-likeness (QED) is 0.284. The van der Waals surface area contributed by atoms with Crippen LogP contribution in [0.4, 0.5) is 20.3 Å². The van der Waals surface area contributed by atoms with Crippen molar-refractivity contribution < 1.29 is 18.4 Å². The highest BCUT2D eigenvalue weighted by Gasteiger charge is 2.35. The molecule has 9 nitrogen and oxygen atoms in total. The first kappa shape index (κ1) is 31.1. The number of piperazine rings is 1. The van der Waals surface area contributed by atoms with Gasteiger partial charge in [0.15, 0.2) is 11.5 Å². The Morgan fingerprint density at radius 1 is 1.00 bits per heavy atom. The molecular formula is C35H36F2N6O3. The lowest BCUT2D eigenvalue weighted by Crippen LogP contribution is -2.58.